The number of rotatable bonds is 3. The Labute approximate surface area is 95.6 Å². The van der Waals surface area contributed by atoms with E-state index in [0.29, 0.717) is 5.92 Å². The van der Waals surface area contributed by atoms with Gasteiger partial charge >= 0.3 is 0 Å². The van der Waals surface area contributed by atoms with Crippen LogP contribution in [0.4, 0.5) is 0 Å². The highest BCUT2D eigenvalue weighted by Gasteiger charge is 2.22. The predicted octanol–water partition coefficient (Wildman–Crippen LogP) is 2.36. The smallest absolute Gasteiger partial charge is 0.0814 e. The molecule has 1 saturated carbocycles. The highest BCUT2D eigenvalue weighted by atomic mass is 35.5. The number of hydrogen-bond donors (Lipinski definition) is 1. The second kappa shape index (κ2) is 4.54. The fourth-order valence-electron chi connectivity index (χ4n) is 2.34. The van der Waals surface area contributed by atoms with Crippen LogP contribution in [-0.4, -0.2) is 15.8 Å². The van der Waals surface area contributed by atoms with E-state index in [4.69, 9.17) is 17.3 Å². The summed E-state index contributed by atoms with van der Waals surface area (Å²) in [5, 5.41) is 4.96. The maximum absolute atomic E-state index is 6.19. The summed E-state index contributed by atoms with van der Waals surface area (Å²) in [5.74, 6) is 0.673. The van der Waals surface area contributed by atoms with E-state index < -0.39 is 0 Å². The van der Waals surface area contributed by atoms with Gasteiger partial charge in [-0.05, 0) is 25.7 Å². The summed E-state index contributed by atoms with van der Waals surface area (Å²) in [5.41, 5.74) is 7.20. The van der Waals surface area contributed by atoms with Crippen molar-refractivity contribution in [2.45, 2.75) is 45.2 Å². The topological polar surface area (TPSA) is 43.8 Å². The minimum absolute atomic E-state index is 0.224. The lowest BCUT2D eigenvalue weighted by Crippen LogP contribution is -2.33. The zero-order valence-corrected chi connectivity index (χ0v) is 9.87. The van der Waals surface area contributed by atoms with E-state index in [-0.39, 0.29) is 6.04 Å². The van der Waals surface area contributed by atoms with E-state index in [1.54, 1.807) is 6.20 Å². The van der Waals surface area contributed by atoms with Gasteiger partial charge in [-0.15, -0.1) is 0 Å². The van der Waals surface area contributed by atoms with Crippen molar-refractivity contribution in [3.63, 3.8) is 0 Å². The maximum atomic E-state index is 6.19. The van der Waals surface area contributed by atoms with Crippen molar-refractivity contribution in [1.82, 2.24) is 9.78 Å². The molecule has 1 aliphatic rings. The molecule has 0 bridgehead atoms. The minimum atomic E-state index is 0.224. The highest BCUT2D eigenvalue weighted by molar-refractivity contribution is 6.31. The second-order valence-corrected chi connectivity index (χ2v) is 4.88. The number of hydrogen-bond acceptors (Lipinski definition) is 2. The molecule has 1 aromatic heterocycles. The predicted molar refractivity (Wildman–Crippen MR) is 61.9 cm³/mol. The van der Waals surface area contributed by atoms with Gasteiger partial charge in [0, 0.05) is 6.04 Å². The van der Waals surface area contributed by atoms with Crippen LogP contribution in [0.1, 0.15) is 31.4 Å². The van der Waals surface area contributed by atoms with E-state index in [0.717, 1.165) is 17.3 Å². The molecule has 0 saturated heterocycles. The third-order valence-electron chi connectivity index (χ3n) is 3.43. The van der Waals surface area contributed by atoms with Gasteiger partial charge in [0.05, 0.1) is 23.5 Å². The molecule has 1 aliphatic carbocycles. The zero-order chi connectivity index (χ0) is 10.8. The molecule has 0 radical (unpaired) electrons. The van der Waals surface area contributed by atoms with Crippen molar-refractivity contribution in [1.29, 1.82) is 0 Å². The lowest BCUT2D eigenvalue weighted by Gasteiger charge is -2.19. The molecule has 0 amide bonds. The number of halogens is 1. The molecular formula is C11H18ClN3. The summed E-state index contributed by atoms with van der Waals surface area (Å²) in [7, 11) is 0. The Balaban J connectivity index is 1.98. The summed E-state index contributed by atoms with van der Waals surface area (Å²) in [6.45, 7) is 2.78. The molecule has 0 aromatic carbocycles. The van der Waals surface area contributed by atoms with Crippen LogP contribution in [0, 0.1) is 12.8 Å². The standard InChI is InChI=1S/C11H18ClN3/c1-8-10(12)6-14-15(8)7-11(13)9-4-2-3-5-9/h6,9,11H,2-5,7,13H2,1H3. The van der Waals surface area contributed by atoms with E-state index >= 15 is 0 Å². The van der Waals surface area contributed by atoms with E-state index in [2.05, 4.69) is 5.10 Å². The van der Waals surface area contributed by atoms with E-state index in [1.807, 2.05) is 11.6 Å². The van der Waals surface area contributed by atoms with Gasteiger partial charge in [0.2, 0.25) is 0 Å². The first-order chi connectivity index (χ1) is 7.18. The first kappa shape index (κ1) is 11.0. The van der Waals surface area contributed by atoms with Crippen molar-refractivity contribution >= 4 is 11.6 Å². The van der Waals surface area contributed by atoms with Crippen molar-refractivity contribution in [2.24, 2.45) is 11.7 Å². The Kier molecular flexibility index (Phi) is 3.32. The number of nitrogens with zero attached hydrogens (tertiary/aromatic N) is 2. The highest BCUT2D eigenvalue weighted by Crippen LogP contribution is 2.27. The molecule has 1 heterocycles. The van der Waals surface area contributed by atoms with Gasteiger partial charge in [0.25, 0.3) is 0 Å². The van der Waals surface area contributed by atoms with Crippen LogP contribution in [-0.2, 0) is 6.54 Å². The van der Waals surface area contributed by atoms with Gasteiger partial charge in [0.1, 0.15) is 0 Å². The summed E-state index contributed by atoms with van der Waals surface area (Å²) < 4.78 is 1.92. The van der Waals surface area contributed by atoms with E-state index in [1.165, 1.54) is 25.7 Å². The Bertz CT molecular complexity index is 329. The SMILES string of the molecule is Cc1c(Cl)cnn1CC(N)C1CCCC1. The molecular weight excluding hydrogens is 210 g/mol. The lowest BCUT2D eigenvalue weighted by molar-refractivity contribution is 0.370. The van der Waals surface area contributed by atoms with Crippen LogP contribution in [0.3, 0.4) is 0 Å². The van der Waals surface area contributed by atoms with Gasteiger partial charge in [-0.3, -0.25) is 4.68 Å². The van der Waals surface area contributed by atoms with Gasteiger partial charge in [-0.1, -0.05) is 24.4 Å². The molecule has 84 valence electrons. The normalized spacial score (nSPS) is 19.7. The van der Waals surface area contributed by atoms with E-state index in [9.17, 15) is 0 Å². The average molecular weight is 228 g/mol. The van der Waals surface area contributed by atoms with Crippen LogP contribution in [0.25, 0.3) is 0 Å². The van der Waals surface area contributed by atoms with Crippen molar-refractivity contribution < 1.29 is 0 Å². The molecule has 0 aliphatic heterocycles. The zero-order valence-electron chi connectivity index (χ0n) is 9.12. The third-order valence-corrected chi connectivity index (χ3v) is 3.80. The maximum Gasteiger partial charge on any atom is 0.0814 e. The number of aromatic nitrogens is 2. The quantitative estimate of drug-likeness (QED) is 0.862. The molecule has 1 unspecified atom stereocenters. The van der Waals surface area contributed by atoms with Crippen molar-refractivity contribution in [2.75, 3.05) is 0 Å². The van der Waals surface area contributed by atoms with Gasteiger partial charge < -0.3 is 5.73 Å². The summed E-state index contributed by atoms with van der Waals surface area (Å²) >= 11 is 5.95. The second-order valence-electron chi connectivity index (χ2n) is 4.47. The molecule has 15 heavy (non-hydrogen) atoms. The van der Waals surface area contributed by atoms with Crippen LogP contribution < -0.4 is 5.73 Å². The first-order valence-corrected chi connectivity index (χ1v) is 6.00. The minimum Gasteiger partial charge on any atom is -0.326 e. The molecule has 2 N–H and O–H groups in total. The van der Waals surface area contributed by atoms with Gasteiger partial charge in [-0.2, -0.15) is 5.10 Å². The molecule has 3 nitrogen and oxygen atoms in total. The molecule has 0 spiro atoms. The monoisotopic (exact) mass is 227 g/mol. The molecule has 1 fully saturated rings. The third kappa shape index (κ3) is 2.34. The fourth-order valence-corrected chi connectivity index (χ4v) is 2.48. The first-order valence-electron chi connectivity index (χ1n) is 5.62. The van der Waals surface area contributed by atoms with Crippen LogP contribution >= 0.6 is 11.6 Å². The molecule has 2 rings (SSSR count). The average Bonchev–Trinajstić information content (AvgIpc) is 2.83. The Morgan fingerprint density at radius 3 is 2.80 bits per heavy atom. The number of nitrogens with two attached hydrogens (primary N) is 1. The molecule has 1 atom stereocenters. The molecule has 4 heteroatoms. The van der Waals surface area contributed by atoms with Crippen LogP contribution in [0.5, 0.6) is 0 Å². The summed E-state index contributed by atoms with van der Waals surface area (Å²) in [6, 6.07) is 0.224. The van der Waals surface area contributed by atoms with Crippen molar-refractivity contribution in [3.8, 4) is 0 Å². The van der Waals surface area contributed by atoms with Gasteiger partial charge in [0.15, 0.2) is 0 Å². The Morgan fingerprint density at radius 1 is 1.60 bits per heavy atom. The lowest BCUT2D eigenvalue weighted by atomic mass is 9.99. The summed E-state index contributed by atoms with van der Waals surface area (Å²) in [4.78, 5) is 0. The fraction of sp³-hybridized carbons (Fsp3) is 0.727. The molecule has 1 aromatic rings. The largest absolute Gasteiger partial charge is 0.326 e. The Hall–Kier alpha value is -0.540. The van der Waals surface area contributed by atoms with Gasteiger partial charge in [-0.25, -0.2) is 0 Å². The van der Waals surface area contributed by atoms with Crippen molar-refractivity contribution in [3.05, 3.63) is 16.9 Å². The Morgan fingerprint density at radius 2 is 2.27 bits per heavy atom. The summed E-state index contributed by atoms with van der Waals surface area (Å²) in [6.07, 6.45) is 6.90. The van der Waals surface area contributed by atoms with Crippen LogP contribution in [0.2, 0.25) is 5.02 Å². The van der Waals surface area contributed by atoms with Crippen LogP contribution in [0.15, 0.2) is 6.20 Å².